The van der Waals surface area contributed by atoms with Crippen molar-refractivity contribution in [1.82, 2.24) is 20.3 Å². The molecular formula is C22H30N4O11. The summed E-state index contributed by atoms with van der Waals surface area (Å²) < 4.78 is 33.1. The van der Waals surface area contributed by atoms with E-state index in [2.05, 4.69) is 15.6 Å². The second-order valence-electron chi connectivity index (χ2n) is 7.95. The lowest BCUT2D eigenvalue weighted by Gasteiger charge is -2.41. The summed E-state index contributed by atoms with van der Waals surface area (Å²) in [7, 11) is 2.59. The molecule has 0 spiro atoms. The maximum atomic E-state index is 12.5. The fraction of sp³-hybridized carbons (Fsp3) is 0.591. The molecule has 15 nitrogen and oxygen atoms in total. The van der Waals surface area contributed by atoms with Crippen LogP contribution in [0.1, 0.15) is 39.4 Å². The molecule has 0 saturated carbocycles. The van der Waals surface area contributed by atoms with E-state index in [4.69, 9.17) is 28.4 Å². The van der Waals surface area contributed by atoms with Gasteiger partial charge in [0.2, 0.25) is 11.7 Å². The standard InChI is InChI=1S/C22H30N4O11/c1-11(27)24-19-16(26-15(9-32-5)8-23-25-26)7-17(22(31)33-6)37-21(19)20(36-14(4)30)18(35-13(3)29)10-34-12(2)28/h7-8,16,18-21H,9-10H2,1-6H3,(H,24,27)/t16-,18?,19+,20+,21+/m0/s1. The van der Waals surface area contributed by atoms with Crippen molar-refractivity contribution in [2.45, 2.75) is 64.7 Å². The number of nitrogens with zero attached hydrogens (tertiary/aromatic N) is 3. The number of ether oxygens (including phenoxy) is 6. The van der Waals surface area contributed by atoms with Crippen LogP contribution < -0.4 is 5.32 Å². The minimum Gasteiger partial charge on any atom is -0.477 e. The van der Waals surface area contributed by atoms with Gasteiger partial charge in [-0.05, 0) is 6.08 Å². The highest BCUT2D eigenvalue weighted by atomic mass is 16.6. The van der Waals surface area contributed by atoms with E-state index in [1.54, 1.807) is 0 Å². The van der Waals surface area contributed by atoms with Crippen LogP contribution in [0.4, 0.5) is 0 Å². The third-order valence-corrected chi connectivity index (χ3v) is 5.05. The summed E-state index contributed by atoms with van der Waals surface area (Å²) in [6.45, 7) is 4.16. The van der Waals surface area contributed by atoms with Crippen LogP contribution in [0.2, 0.25) is 0 Å². The van der Waals surface area contributed by atoms with Gasteiger partial charge in [-0.3, -0.25) is 19.2 Å². The summed E-state index contributed by atoms with van der Waals surface area (Å²) in [6.07, 6.45) is -1.43. The van der Waals surface area contributed by atoms with Gasteiger partial charge in [0.05, 0.1) is 31.6 Å². The molecule has 0 bridgehead atoms. The molecule has 0 saturated heterocycles. The molecule has 0 fully saturated rings. The summed E-state index contributed by atoms with van der Waals surface area (Å²) in [5, 5.41) is 10.7. The summed E-state index contributed by atoms with van der Waals surface area (Å²) >= 11 is 0. The Labute approximate surface area is 212 Å². The lowest BCUT2D eigenvalue weighted by Crippen LogP contribution is -2.60. The van der Waals surface area contributed by atoms with Crippen LogP contribution in [0, 0.1) is 0 Å². The van der Waals surface area contributed by atoms with Crippen molar-refractivity contribution < 1.29 is 52.4 Å². The number of aromatic nitrogens is 3. The second-order valence-corrected chi connectivity index (χ2v) is 7.95. The number of esters is 4. The van der Waals surface area contributed by atoms with Gasteiger partial charge in [0.1, 0.15) is 12.6 Å². The highest BCUT2D eigenvalue weighted by molar-refractivity contribution is 5.86. The summed E-state index contributed by atoms with van der Waals surface area (Å²) in [5.74, 6) is -3.96. The zero-order valence-corrected chi connectivity index (χ0v) is 21.3. The number of nitrogens with one attached hydrogen (secondary N) is 1. The Morgan fingerprint density at radius 3 is 2.27 bits per heavy atom. The van der Waals surface area contributed by atoms with Gasteiger partial charge in [-0.1, -0.05) is 5.21 Å². The van der Waals surface area contributed by atoms with Crippen LogP contribution in [0.25, 0.3) is 0 Å². The van der Waals surface area contributed by atoms with E-state index >= 15 is 0 Å². The zero-order chi connectivity index (χ0) is 27.7. The van der Waals surface area contributed by atoms with Crippen LogP contribution in [0.15, 0.2) is 18.0 Å². The molecule has 15 heteroatoms. The van der Waals surface area contributed by atoms with Crippen LogP contribution >= 0.6 is 0 Å². The zero-order valence-electron chi connectivity index (χ0n) is 21.3. The van der Waals surface area contributed by atoms with Crippen molar-refractivity contribution in [3.05, 3.63) is 23.7 Å². The molecule has 37 heavy (non-hydrogen) atoms. The number of carbonyl (C=O) groups excluding carboxylic acids is 5. The Hall–Kier alpha value is -4.01. The molecule has 5 atom stereocenters. The number of methoxy groups -OCH3 is 2. The number of hydrogen-bond acceptors (Lipinski definition) is 13. The molecule has 0 aromatic carbocycles. The average Bonchev–Trinajstić information content (AvgIpc) is 3.27. The van der Waals surface area contributed by atoms with Gasteiger partial charge in [-0.2, -0.15) is 0 Å². The molecule has 1 aromatic heterocycles. The number of amides is 1. The van der Waals surface area contributed by atoms with Gasteiger partial charge in [0, 0.05) is 34.8 Å². The van der Waals surface area contributed by atoms with Crippen LogP contribution in [0.5, 0.6) is 0 Å². The van der Waals surface area contributed by atoms with E-state index in [9.17, 15) is 24.0 Å². The maximum absolute atomic E-state index is 12.5. The van der Waals surface area contributed by atoms with Crippen molar-refractivity contribution in [3.8, 4) is 0 Å². The van der Waals surface area contributed by atoms with Gasteiger partial charge in [0.25, 0.3) is 0 Å². The lowest BCUT2D eigenvalue weighted by atomic mass is 9.91. The fourth-order valence-electron chi connectivity index (χ4n) is 3.75. The van der Waals surface area contributed by atoms with Crippen LogP contribution in [0.3, 0.4) is 0 Å². The van der Waals surface area contributed by atoms with Crippen molar-refractivity contribution in [1.29, 1.82) is 0 Å². The maximum Gasteiger partial charge on any atom is 0.373 e. The smallest absolute Gasteiger partial charge is 0.373 e. The van der Waals surface area contributed by atoms with Gasteiger partial charge in [0.15, 0.2) is 18.3 Å². The van der Waals surface area contributed by atoms with Crippen molar-refractivity contribution in [3.63, 3.8) is 0 Å². The molecule has 1 aromatic rings. The van der Waals surface area contributed by atoms with E-state index < -0.39 is 66.8 Å². The van der Waals surface area contributed by atoms with Crippen molar-refractivity contribution >= 4 is 29.8 Å². The second kappa shape index (κ2) is 13.3. The SMILES string of the molecule is COCc1cnnn1[C@H]1C=C(C(=O)OC)O[C@@H]([C@H](OC(C)=O)C(COC(C)=O)OC(C)=O)[C@@H]1NC(C)=O. The van der Waals surface area contributed by atoms with Gasteiger partial charge >= 0.3 is 23.9 Å². The van der Waals surface area contributed by atoms with E-state index in [1.165, 1.54) is 31.0 Å². The molecule has 2 heterocycles. The minimum atomic E-state index is -1.47. The molecule has 1 amide bonds. The fourth-order valence-corrected chi connectivity index (χ4v) is 3.75. The largest absolute Gasteiger partial charge is 0.477 e. The molecule has 0 radical (unpaired) electrons. The molecular weight excluding hydrogens is 496 g/mol. The summed E-state index contributed by atoms with van der Waals surface area (Å²) in [5.41, 5.74) is 0.476. The van der Waals surface area contributed by atoms with Crippen molar-refractivity contribution in [2.24, 2.45) is 0 Å². The van der Waals surface area contributed by atoms with Gasteiger partial charge < -0.3 is 33.7 Å². The quantitative estimate of drug-likeness (QED) is 0.284. The Balaban J connectivity index is 2.70. The molecule has 1 aliphatic rings. The Morgan fingerprint density at radius 2 is 1.73 bits per heavy atom. The van der Waals surface area contributed by atoms with E-state index in [0.717, 1.165) is 27.9 Å². The number of hydrogen-bond donors (Lipinski definition) is 1. The third-order valence-electron chi connectivity index (χ3n) is 5.05. The molecule has 204 valence electrons. The van der Waals surface area contributed by atoms with E-state index in [1.807, 2.05) is 0 Å². The summed E-state index contributed by atoms with van der Waals surface area (Å²) in [6, 6.07) is -2.00. The topological polar surface area (TPSA) is 183 Å². The van der Waals surface area contributed by atoms with E-state index in [-0.39, 0.29) is 12.4 Å². The first-order valence-electron chi connectivity index (χ1n) is 11.1. The minimum absolute atomic E-state index is 0.0825. The van der Waals surface area contributed by atoms with Gasteiger partial charge in [-0.15, -0.1) is 5.10 Å². The summed E-state index contributed by atoms with van der Waals surface area (Å²) in [4.78, 5) is 60.3. The number of rotatable bonds is 11. The molecule has 1 aliphatic heterocycles. The van der Waals surface area contributed by atoms with Crippen LogP contribution in [-0.4, -0.2) is 90.0 Å². The Kier molecular flexibility index (Phi) is 10.5. The van der Waals surface area contributed by atoms with E-state index in [0.29, 0.717) is 5.69 Å². The highest BCUT2D eigenvalue weighted by Gasteiger charge is 2.49. The average molecular weight is 526 g/mol. The van der Waals surface area contributed by atoms with Crippen LogP contribution in [-0.2, 0) is 59.0 Å². The molecule has 1 N–H and O–H groups in total. The first-order chi connectivity index (χ1) is 17.5. The molecule has 2 rings (SSSR count). The molecule has 1 unspecified atom stereocenters. The van der Waals surface area contributed by atoms with Crippen molar-refractivity contribution in [2.75, 3.05) is 20.8 Å². The third kappa shape index (κ3) is 7.99. The predicted molar refractivity (Wildman–Crippen MR) is 120 cm³/mol. The Morgan fingerprint density at radius 1 is 1.05 bits per heavy atom. The van der Waals surface area contributed by atoms with Gasteiger partial charge in [-0.25, -0.2) is 9.48 Å². The normalized spacial score (nSPS) is 20.4. The molecule has 0 aliphatic carbocycles. The highest BCUT2D eigenvalue weighted by Crippen LogP contribution is 2.32. The Bertz CT molecular complexity index is 1040. The first kappa shape index (κ1) is 29.2. The monoisotopic (exact) mass is 526 g/mol. The first-order valence-corrected chi connectivity index (χ1v) is 11.1. The predicted octanol–water partition coefficient (Wildman–Crippen LogP) is -0.647. The number of carbonyl (C=O) groups is 5. The lowest BCUT2D eigenvalue weighted by molar-refractivity contribution is -0.188.